The highest BCUT2D eigenvalue weighted by Crippen LogP contribution is 2.37. The van der Waals surface area contributed by atoms with Crippen molar-refractivity contribution in [3.8, 4) is 0 Å². The van der Waals surface area contributed by atoms with Gasteiger partial charge < -0.3 is 5.32 Å². The predicted octanol–water partition coefficient (Wildman–Crippen LogP) is 4.04. The van der Waals surface area contributed by atoms with Crippen LogP contribution in [-0.2, 0) is 6.42 Å². The van der Waals surface area contributed by atoms with E-state index in [2.05, 4.69) is 17.4 Å². The SMILES string of the molecule is CNC(CCCC(F)(F)F)C1CCc2ccccc21. The number of halogens is 3. The molecule has 2 atom stereocenters. The Morgan fingerprint density at radius 1 is 1.32 bits per heavy atom. The molecule has 0 heterocycles. The van der Waals surface area contributed by atoms with E-state index >= 15 is 0 Å². The Bertz CT molecular complexity index is 414. The molecule has 1 aromatic rings. The molecule has 0 radical (unpaired) electrons. The molecule has 2 unspecified atom stereocenters. The van der Waals surface area contributed by atoms with Crippen LogP contribution in [0.2, 0.25) is 0 Å². The fourth-order valence-corrected chi connectivity index (χ4v) is 3.08. The van der Waals surface area contributed by atoms with Gasteiger partial charge in [0, 0.05) is 12.5 Å². The van der Waals surface area contributed by atoms with Crippen molar-refractivity contribution in [2.75, 3.05) is 7.05 Å². The summed E-state index contributed by atoms with van der Waals surface area (Å²) >= 11 is 0. The number of fused-ring (bicyclic) bond motifs is 1. The Morgan fingerprint density at radius 2 is 2.05 bits per heavy atom. The molecule has 1 aliphatic carbocycles. The van der Waals surface area contributed by atoms with Crippen molar-refractivity contribution in [3.05, 3.63) is 35.4 Å². The third-order valence-corrected chi connectivity index (χ3v) is 4.01. The molecule has 1 aliphatic rings. The van der Waals surface area contributed by atoms with E-state index in [0.717, 1.165) is 12.8 Å². The molecule has 1 N–H and O–H groups in total. The number of hydrogen-bond acceptors (Lipinski definition) is 1. The van der Waals surface area contributed by atoms with Crippen LogP contribution < -0.4 is 5.32 Å². The van der Waals surface area contributed by atoms with Crippen molar-refractivity contribution in [1.82, 2.24) is 5.32 Å². The molecular weight excluding hydrogens is 251 g/mol. The molecule has 0 amide bonds. The molecular formula is C15H20F3N. The van der Waals surface area contributed by atoms with E-state index in [1.807, 2.05) is 19.2 Å². The third-order valence-electron chi connectivity index (χ3n) is 4.01. The van der Waals surface area contributed by atoms with Gasteiger partial charge in [0.2, 0.25) is 0 Å². The summed E-state index contributed by atoms with van der Waals surface area (Å²) < 4.78 is 36.6. The zero-order valence-electron chi connectivity index (χ0n) is 11.1. The van der Waals surface area contributed by atoms with Crippen LogP contribution in [0.3, 0.4) is 0 Å². The summed E-state index contributed by atoms with van der Waals surface area (Å²) in [6, 6.07) is 8.42. The van der Waals surface area contributed by atoms with Gasteiger partial charge in [-0.3, -0.25) is 0 Å². The maximum atomic E-state index is 12.2. The molecule has 0 aromatic heterocycles. The summed E-state index contributed by atoms with van der Waals surface area (Å²) in [5.74, 6) is 0.356. The van der Waals surface area contributed by atoms with Crippen LogP contribution in [0.25, 0.3) is 0 Å². The van der Waals surface area contributed by atoms with Crippen molar-refractivity contribution >= 4 is 0 Å². The van der Waals surface area contributed by atoms with E-state index in [0.29, 0.717) is 12.3 Å². The number of benzene rings is 1. The second-order valence-corrected chi connectivity index (χ2v) is 5.25. The quantitative estimate of drug-likeness (QED) is 0.852. The van der Waals surface area contributed by atoms with Gasteiger partial charge in [-0.05, 0) is 49.8 Å². The van der Waals surface area contributed by atoms with Gasteiger partial charge in [-0.1, -0.05) is 24.3 Å². The Kier molecular flexibility index (Phi) is 4.50. The van der Waals surface area contributed by atoms with Gasteiger partial charge in [-0.2, -0.15) is 13.2 Å². The van der Waals surface area contributed by atoms with E-state index in [9.17, 15) is 13.2 Å². The van der Waals surface area contributed by atoms with Crippen LogP contribution >= 0.6 is 0 Å². The lowest BCUT2D eigenvalue weighted by molar-refractivity contribution is -0.135. The normalized spacial score (nSPS) is 20.3. The fourth-order valence-electron chi connectivity index (χ4n) is 3.08. The zero-order valence-corrected chi connectivity index (χ0v) is 11.1. The van der Waals surface area contributed by atoms with Crippen molar-refractivity contribution in [2.45, 2.75) is 50.2 Å². The minimum atomic E-state index is -4.04. The molecule has 0 bridgehead atoms. The average molecular weight is 271 g/mol. The number of aryl methyl sites for hydroxylation is 1. The molecule has 106 valence electrons. The molecule has 1 nitrogen and oxygen atoms in total. The second kappa shape index (κ2) is 5.95. The topological polar surface area (TPSA) is 12.0 Å². The standard InChI is InChI=1S/C15H20F3N/c1-19-14(7-4-10-15(16,17)18)13-9-8-11-5-2-3-6-12(11)13/h2-3,5-6,13-14,19H,4,7-10H2,1H3. The fraction of sp³-hybridized carbons (Fsp3) is 0.600. The highest BCUT2D eigenvalue weighted by molar-refractivity contribution is 5.35. The van der Waals surface area contributed by atoms with Crippen LogP contribution in [0.1, 0.15) is 42.7 Å². The molecule has 1 aromatic carbocycles. The number of alkyl halides is 3. The number of hydrogen-bond donors (Lipinski definition) is 1. The van der Waals surface area contributed by atoms with Gasteiger partial charge in [-0.15, -0.1) is 0 Å². The molecule has 0 aliphatic heterocycles. The van der Waals surface area contributed by atoms with E-state index in [-0.39, 0.29) is 12.5 Å². The highest BCUT2D eigenvalue weighted by Gasteiger charge is 2.31. The minimum absolute atomic E-state index is 0.144. The van der Waals surface area contributed by atoms with Gasteiger partial charge in [0.1, 0.15) is 0 Å². The number of likely N-dealkylation sites (N-methyl/N-ethyl adjacent to an activating group) is 1. The van der Waals surface area contributed by atoms with Gasteiger partial charge in [0.05, 0.1) is 0 Å². The van der Waals surface area contributed by atoms with E-state index in [1.54, 1.807) is 0 Å². The predicted molar refractivity (Wildman–Crippen MR) is 70.3 cm³/mol. The first kappa shape index (κ1) is 14.4. The lowest BCUT2D eigenvalue weighted by atomic mass is 9.90. The monoisotopic (exact) mass is 271 g/mol. The Morgan fingerprint density at radius 3 is 2.74 bits per heavy atom. The van der Waals surface area contributed by atoms with Crippen molar-refractivity contribution in [2.24, 2.45) is 0 Å². The summed E-state index contributed by atoms with van der Waals surface area (Å²) in [4.78, 5) is 0. The lowest BCUT2D eigenvalue weighted by Crippen LogP contribution is -2.31. The van der Waals surface area contributed by atoms with Crippen LogP contribution in [0, 0.1) is 0 Å². The average Bonchev–Trinajstić information content (AvgIpc) is 2.77. The smallest absolute Gasteiger partial charge is 0.316 e. The minimum Gasteiger partial charge on any atom is -0.316 e. The van der Waals surface area contributed by atoms with Crippen molar-refractivity contribution in [1.29, 1.82) is 0 Å². The largest absolute Gasteiger partial charge is 0.389 e. The summed E-state index contributed by atoms with van der Waals surface area (Å²) in [5.41, 5.74) is 2.66. The third kappa shape index (κ3) is 3.72. The summed E-state index contributed by atoms with van der Waals surface area (Å²) in [7, 11) is 1.85. The highest BCUT2D eigenvalue weighted by atomic mass is 19.4. The first-order valence-corrected chi connectivity index (χ1v) is 6.83. The van der Waals surface area contributed by atoms with Crippen LogP contribution in [0.5, 0.6) is 0 Å². The molecule has 0 fully saturated rings. The molecule has 0 saturated carbocycles. The summed E-state index contributed by atoms with van der Waals surface area (Å²) in [5, 5.41) is 3.20. The van der Waals surface area contributed by atoms with E-state index in [1.165, 1.54) is 11.1 Å². The number of nitrogens with one attached hydrogen (secondary N) is 1. The maximum Gasteiger partial charge on any atom is 0.389 e. The zero-order chi connectivity index (χ0) is 13.9. The van der Waals surface area contributed by atoms with Crippen LogP contribution in [0.15, 0.2) is 24.3 Å². The Hall–Kier alpha value is -1.03. The van der Waals surface area contributed by atoms with Crippen molar-refractivity contribution in [3.63, 3.8) is 0 Å². The van der Waals surface area contributed by atoms with Crippen LogP contribution in [-0.4, -0.2) is 19.3 Å². The molecule has 0 spiro atoms. The molecule has 19 heavy (non-hydrogen) atoms. The van der Waals surface area contributed by atoms with Crippen LogP contribution in [0.4, 0.5) is 13.2 Å². The van der Waals surface area contributed by atoms with Gasteiger partial charge in [0.25, 0.3) is 0 Å². The Labute approximate surface area is 112 Å². The maximum absolute atomic E-state index is 12.2. The van der Waals surface area contributed by atoms with Gasteiger partial charge in [0.15, 0.2) is 0 Å². The molecule has 0 saturated heterocycles. The first-order chi connectivity index (χ1) is 9.01. The molecule has 2 rings (SSSR count). The lowest BCUT2D eigenvalue weighted by Gasteiger charge is -2.24. The number of rotatable bonds is 5. The second-order valence-electron chi connectivity index (χ2n) is 5.25. The van der Waals surface area contributed by atoms with E-state index in [4.69, 9.17) is 0 Å². The van der Waals surface area contributed by atoms with Gasteiger partial charge >= 0.3 is 6.18 Å². The summed E-state index contributed by atoms with van der Waals surface area (Å²) in [6.45, 7) is 0. The first-order valence-electron chi connectivity index (χ1n) is 6.83. The summed E-state index contributed by atoms with van der Waals surface area (Å²) in [6.07, 6.45) is -1.86. The Balaban J connectivity index is 1.96. The van der Waals surface area contributed by atoms with E-state index < -0.39 is 12.6 Å². The van der Waals surface area contributed by atoms with Gasteiger partial charge in [-0.25, -0.2) is 0 Å². The van der Waals surface area contributed by atoms with Crippen molar-refractivity contribution < 1.29 is 13.2 Å². The molecule has 4 heteroatoms.